The number of alkyl halides is 3. The van der Waals surface area contributed by atoms with E-state index in [0.717, 1.165) is 38.5 Å². The van der Waals surface area contributed by atoms with Gasteiger partial charge in [0.25, 0.3) is 0 Å². The molecule has 3 fully saturated rings. The Bertz CT molecular complexity index is 1850. The highest BCUT2D eigenvalue weighted by atomic mass is 35.5. The van der Waals surface area contributed by atoms with Crippen molar-refractivity contribution in [2.45, 2.75) is 77.5 Å². The number of nitrogens with zero attached hydrogens (tertiary/aromatic N) is 4. The summed E-state index contributed by atoms with van der Waals surface area (Å²) in [5.74, 6) is -0.416. The molecule has 17 heteroatoms. The fourth-order valence-corrected chi connectivity index (χ4v) is 8.14. The van der Waals surface area contributed by atoms with E-state index >= 15 is 0 Å². The molecule has 4 atom stereocenters. The van der Waals surface area contributed by atoms with Crippen LogP contribution in [-0.2, 0) is 4.79 Å². The zero-order valence-electron chi connectivity index (χ0n) is 31.3. The Hall–Kier alpha value is -4.54. The van der Waals surface area contributed by atoms with Crippen LogP contribution < -0.4 is 20.7 Å². The lowest BCUT2D eigenvalue weighted by molar-refractivity contribution is -0.274. The van der Waals surface area contributed by atoms with Gasteiger partial charge in [0.1, 0.15) is 17.6 Å². The number of carbonyl (C=O) groups excluding carboxylic acids is 2. The maximum atomic E-state index is 13.7. The van der Waals surface area contributed by atoms with Crippen molar-refractivity contribution in [2.75, 3.05) is 44.6 Å². The lowest BCUT2D eigenvalue weighted by Crippen LogP contribution is -2.57. The Morgan fingerprint density at radius 2 is 1.75 bits per heavy atom. The minimum absolute atomic E-state index is 0.000373. The molecule has 0 saturated carbocycles. The quantitative estimate of drug-likeness (QED) is 0.159. The molecule has 1 aromatic heterocycles. The second-order valence-electron chi connectivity index (χ2n) is 15.1. The molecular formula is C38H48ClF3N8O5. The molecule has 55 heavy (non-hydrogen) atoms. The predicted molar refractivity (Wildman–Crippen MR) is 202 cm³/mol. The number of imidazole rings is 1. The van der Waals surface area contributed by atoms with Gasteiger partial charge in [0, 0.05) is 74.7 Å². The number of anilines is 1. The van der Waals surface area contributed by atoms with E-state index in [0.29, 0.717) is 60.8 Å². The van der Waals surface area contributed by atoms with Crippen molar-refractivity contribution in [1.82, 2.24) is 35.3 Å². The minimum atomic E-state index is -5.01. The van der Waals surface area contributed by atoms with E-state index < -0.39 is 36.3 Å². The number of amides is 4. The number of piperazine rings is 1. The average molecular weight is 789 g/mol. The normalized spacial score (nSPS) is 21.8. The van der Waals surface area contributed by atoms with E-state index in [-0.39, 0.29) is 34.0 Å². The number of nitrogens with one attached hydrogen (secondary N) is 4. The zero-order valence-corrected chi connectivity index (χ0v) is 32.0. The van der Waals surface area contributed by atoms with Crippen molar-refractivity contribution < 1.29 is 37.4 Å². The van der Waals surface area contributed by atoms with Crippen LogP contribution >= 0.6 is 11.6 Å². The standard InChI is InChI=1S/C38H48ClF3N8O5/c1-21(2)33(47-37(53)54)35(51)50-20-22(3)15-31(50)34-44-19-30(45-34)25-7-5-24(6-8-25)27-16-28(39)29(17-32(27)55-38(40,41)42)46-36(52)48-12-9-26(10-13-48)49-14-11-43-18-23(49)4/h5-8,16-17,19,21-23,26,31,33,43,47H,9-15,18,20H2,1-4H3,(H,44,45)(H,46,52)(H,53,54)/t22-,23?,31-,33-/m0/s1. The van der Waals surface area contributed by atoms with E-state index in [1.807, 2.05) is 6.92 Å². The van der Waals surface area contributed by atoms with E-state index in [1.54, 1.807) is 54.1 Å². The minimum Gasteiger partial charge on any atom is -0.465 e. The van der Waals surface area contributed by atoms with Gasteiger partial charge in [-0.2, -0.15) is 0 Å². The summed E-state index contributed by atoms with van der Waals surface area (Å²) in [5, 5.41) is 17.8. The smallest absolute Gasteiger partial charge is 0.465 e. The average Bonchev–Trinajstić information content (AvgIpc) is 3.78. The summed E-state index contributed by atoms with van der Waals surface area (Å²) in [6.45, 7) is 12.0. The largest absolute Gasteiger partial charge is 0.573 e. The molecule has 1 unspecified atom stereocenters. The molecule has 298 valence electrons. The summed E-state index contributed by atoms with van der Waals surface area (Å²) in [6, 6.07) is 8.10. The summed E-state index contributed by atoms with van der Waals surface area (Å²) in [7, 11) is 0. The van der Waals surface area contributed by atoms with Crippen LogP contribution in [0, 0.1) is 11.8 Å². The third-order valence-corrected chi connectivity index (χ3v) is 11.0. The summed E-state index contributed by atoms with van der Waals surface area (Å²) in [6.07, 6.45) is -2.38. The third-order valence-electron chi connectivity index (χ3n) is 10.7. The van der Waals surface area contributed by atoms with Crippen LogP contribution in [0.4, 0.5) is 28.4 Å². The van der Waals surface area contributed by atoms with Gasteiger partial charge in [-0.05, 0) is 49.7 Å². The van der Waals surface area contributed by atoms with Crippen molar-refractivity contribution in [3.63, 3.8) is 0 Å². The molecule has 5 N–H and O–H groups in total. The lowest BCUT2D eigenvalue weighted by Gasteiger charge is -2.43. The molecule has 4 amide bonds. The lowest BCUT2D eigenvalue weighted by atomic mass is 10.0. The molecule has 0 spiro atoms. The summed E-state index contributed by atoms with van der Waals surface area (Å²) in [4.78, 5) is 51.9. The number of aromatic nitrogens is 2. The molecule has 0 bridgehead atoms. The zero-order chi connectivity index (χ0) is 39.6. The van der Waals surface area contributed by atoms with Crippen LogP contribution in [0.1, 0.15) is 58.8 Å². The van der Waals surface area contributed by atoms with Gasteiger partial charge < -0.3 is 40.6 Å². The van der Waals surface area contributed by atoms with Crippen molar-refractivity contribution in [2.24, 2.45) is 11.8 Å². The molecule has 2 aromatic carbocycles. The number of carboxylic acid groups (broad SMARTS) is 1. The molecule has 0 radical (unpaired) electrons. The molecule has 3 aliphatic rings. The number of likely N-dealkylation sites (tertiary alicyclic amines) is 2. The number of rotatable bonds is 9. The number of hydrogen-bond acceptors (Lipinski definition) is 7. The Morgan fingerprint density at radius 1 is 1.05 bits per heavy atom. The van der Waals surface area contributed by atoms with Gasteiger partial charge in [0.15, 0.2) is 0 Å². The van der Waals surface area contributed by atoms with Crippen LogP contribution in [0.2, 0.25) is 5.02 Å². The van der Waals surface area contributed by atoms with Crippen molar-refractivity contribution in [3.8, 4) is 28.1 Å². The maximum absolute atomic E-state index is 13.7. The number of hydrogen-bond donors (Lipinski definition) is 5. The molecule has 4 heterocycles. The Kier molecular flexibility index (Phi) is 12.2. The first-order valence-electron chi connectivity index (χ1n) is 18.7. The number of H-pyrrole nitrogens is 1. The SMILES string of the molecule is CC(C)[C@H](NC(=O)O)C(=O)N1C[C@@H](C)C[C@H]1c1nc(-c2ccc(-c3cc(Cl)c(NC(=O)N4CCC(N5CCNCC5C)CC4)cc3OC(F)(F)F)cc2)c[nH]1. The Morgan fingerprint density at radius 3 is 2.38 bits per heavy atom. The molecule has 0 aliphatic carbocycles. The fraction of sp³-hybridized carbons (Fsp3) is 0.526. The number of piperidine rings is 1. The van der Waals surface area contributed by atoms with Crippen molar-refractivity contribution in [1.29, 1.82) is 0 Å². The first kappa shape index (κ1) is 40.1. The van der Waals surface area contributed by atoms with Crippen molar-refractivity contribution in [3.05, 3.63) is 53.4 Å². The molecule has 13 nitrogen and oxygen atoms in total. The molecular weight excluding hydrogens is 741 g/mol. The summed E-state index contributed by atoms with van der Waals surface area (Å²) in [5.41, 5.74) is 1.66. The highest BCUT2D eigenvalue weighted by Gasteiger charge is 2.40. The van der Waals surface area contributed by atoms with Gasteiger partial charge in [-0.25, -0.2) is 14.6 Å². The van der Waals surface area contributed by atoms with Crippen molar-refractivity contribution >= 4 is 35.3 Å². The second-order valence-corrected chi connectivity index (χ2v) is 15.5. The Labute approximate surface area is 322 Å². The molecule has 3 aliphatic heterocycles. The number of aromatic amines is 1. The maximum Gasteiger partial charge on any atom is 0.573 e. The van der Waals surface area contributed by atoms with Gasteiger partial charge >= 0.3 is 18.5 Å². The first-order chi connectivity index (χ1) is 26.1. The second kappa shape index (κ2) is 16.7. The van der Waals surface area contributed by atoms with Gasteiger partial charge in [0.2, 0.25) is 5.91 Å². The van der Waals surface area contributed by atoms with E-state index in [9.17, 15) is 32.7 Å². The number of benzene rings is 2. The highest BCUT2D eigenvalue weighted by Crippen LogP contribution is 2.41. The molecule has 3 saturated heterocycles. The highest BCUT2D eigenvalue weighted by molar-refractivity contribution is 6.34. The number of halogens is 4. The Balaban J connectivity index is 1.17. The molecule has 3 aromatic rings. The predicted octanol–water partition coefficient (Wildman–Crippen LogP) is 6.79. The van der Waals surface area contributed by atoms with Gasteiger partial charge in [0.05, 0.1) is 22.4 Å². The first-order valence-corrected chi connectivity index (χ1v) is 19.0. The van der Waals surface area contributed by atoms with Gasteiger partial charge in [-0.3, -0.25) is 9.69 Å². The summed E-state index contributed by atoms with van der Waals surface area (Å²) < 4.78 is 45.5. The molecule has 6 rings (SSSR count). The fourth-order valence-electron chi connectivity index (χ4n) is 7.93. The monoisotopic (exact) mass is 788 g/mol. The number of ether oxygens (including phenoxy) is 1. The van der Waals surface area contributed by atoms with Crippen LogP contribution in [0.25, 0.3) is 22.4 Å². The van der Waals surface area contributed by atoms with E-state index in [1.165, 1.54) is 6.07 Å². The van der Waals surface area contributed by atoms with E-state index in [4.69, 9.17) is 16.6 Å². The van der Waals surface area contributed by atoms with Gasteiger partial charge in [-0.15, -0.1) is 13.2 Å². The van der Waals surface area contributed by atoms with Crippen LogP contribution in [0.3, 0.4) is 0 Å². The van der Waals surface area contributed by atoms with Crippen LogP contribution in [-0.4, -0.2) is 112 Å². The number of urea groups is 1. The number of carbonyl (C=O) groups is 3. The topological polar surface area (TPSA) is 155 Å². The summed E-state index contributed by atoms with van der Waals surface area (Å²) >= 11 is 6.59. The van der Waals surface area contributed by atoms with Gasteiger partial charge in [-0.1, -0.05) is 56.6 Å². The third kappa shape index (κ3) is 9.47. The van der Waals surface area contributed by atoms with Crippen LogP contribution in [0.5, 0.6) is 5.75 Å². The van der Waals surface area contributed by atoms with E-state index in [2.05, 4.69) is 37.5 Å². The van der Waals surface area contributed by atoms with Crippen LogP contribution in [0.15, 0.2) is 42.6 Å².